The summed E-state index contributed by atoms with van der Waals surface area (Å²) in [4.78, 5) is 14.4. The lowest BCUT2D eigenvalue weighted by atomic mass is 9.68. The maximum atomic E-state index is 13.3. The van der Waals surface area contributed by atoms with E-state index >= 15 is 0 Å². The molecule has 1 aromatic carbocycles. The molecule has 2 aliphatic rings. The molecule has 1 aliphatic heterocycles. The van der Waals surface area contributed by atoms with Crippen molar-refractivity contribution in [2.24, 2.45) is 5.41 Å². The number of nitrogen functional groups attached to an aromatic ring is 1. The Bertz CT molecular complexity index is 528. The Balaban J connectivity index is 1.69. The van der Waals surface area contributed by atoms with Crippen LogP contribution in [0.4, 0.5) is 10.1 Å². The van der Waals surface area contributed by atoms with E-state index < -0.39 is 5.82 Å². The molecule has 1 spiro atoms. The molecule has 3 nitrogen and oxygen atoms in total. The van der Waals surface area contributed by atoms with Crippen molar-refractivity contribution in [1.29, 1.82) is 0 Å². The van der Waals surface area contributed by atoms with Crippen LogP contribution < -0.4 is 5.73 Å². The first-order valence-corrected chi connectivity index (χ1v) is 7.94. The van der Waals surface area contributed by atoms with E-state index in [0.717, 1.165) is 25.9 Å². The normalized spacial score (nSPS) is 21.5. The summed E-state index contributed by atoms with van der Waals surface area (Å²) in [5, 5.41) is 0. The van der Waals surface area contributed by atoms with Crippen LogP contribution in [0.3, 0.4) is 0 Å². The molecule has 0 unspecified atom stereocenters. The number of nitrogens with zero attached hydrogens (tertiary/aromatic N) is 1. The van der Waals surface area contributed by atoms with Crippen LogP contribution in [0.5, 0.6) is 0 Å². The van der Waals surface area contributed by atoms with Gasteiger partial charge in [0.2, 0.25) is 0 Å². The fourth-order valence-corrected chi connectivity index (χ4v) is 3.87. The van der Waals surface area contributed by atoms with E-state index in [1.54, 1.807) is 0 Å². The minimum Gasteiger partial charge on any atom is -0.398 e. The summed E-state index contributed by atoms with van der Waals surface area (Å²) in [7, 11) is 0. The highest BCUT2D eigenvalue weighted by molar-refractivity contribution is 5.99. The van der Waals surface area contributed by atoms with Crippen LogP contribution in [-0.4, -0.2) is 23.9 Å². The van der Waals surface area contributed by atoms with Crippen LogP contribution >= 0.6 is 0 Å². The molecule has 0 aromatic heterocycles. The number of carbonyl (C=O) groups excluding carboxylic acids is 1. The van der Waals surface area contributed by atoms with Gasteiger partial charge in [0.1, 0.15) is 5.82 Å². The van der Waals surface area contributed by atoms with Crippen molar-refractivity contribution < 1.29 is 9.18 Å². The number of piperidine rings is 1. The van der Waals surface area contributed by atoms with Crippen molar-refractivity contribution in [3.63, 3.8) is 0 Å². The summed E-state index contributed by atoms with van der Waals surface area (Å²) in [6, 6.07) is 4.01. The highest BCUT2D eigenvalue weighted by Gasteiger charge is 2.37. The van der Waals surface area contributed by atoms with Gasteiger partial charge in [-0.25, -0.2) is 4.39 Å². The van der Waals surface area contributed by atoms with Crippen molar-refractivity contribution in [1.82, 2.24) is 4.90 Å². The number of nitrogens with two attached hydrogens (primary N) is 1. The summed E-state index contributed by atoms with van der Waals surface area (Å²) in [5.41, 5.74) is 6.94. The second-order valence-electron chi connectivity index (χ2n) is 6.58. The summed E-state index contributed by atoms with van der Waals surface area (Å²) < 4.78 is 13.3. The maximum absolute atomic E-state index is 13.3. The second kappa shape index (κ2) is 5.66. The van der Waals surface area contributed by atoms with Crippen LogP contribution in [0.15, 0.2) is 18.2 Å². The number of rotatable bonds is 1. The van der Waals surface area contributed by atoms with Gasteiger partial charge in [-0.2, -0.15) is 0 Å². The molecule has 0 atom stereocenters. The number of amides is 1. The van der Waals surface area contributed by atoms with Crippen molar-refractivity contribution in [2.45, 2.75) is 44.9 Å². The lowest BCUT2D eigenvalue weighted by Crippen LogP contribution is -2.44. The zero-order chi connectivity index (χ0) is 14.9. The maximum Gasteiger partial charge on any atom is 0.256 e. The molecule has 1 amide bonds. The van der Waals surface area contributed by atoms with Crippen LogP contribution in [0.2, 0.25) is 0 Å². The van der Waals surface area contributed by atoms with Gasteiger partial charge in [-0.3, -0.25) is 4.79 Å². The van der Waals surface area contributed by atoms with Crippen molar-refractivity contribution >= 4 is 11.6 Å². The minimum atomic E-state index is -0.409. The Kier molecular flexibility index (Phi) is 3.87. The molecule has 1 aromatic rings. The molecule has 0 radical (unpaired) electrons. The molecule has 1 heterocycles. The summed E-state index contributed by atoms with van der Waals surface area (Å²) in [6.45, 7) is 1.55. The van der Waals surface area contributed by atoms with Crippen LogP contribution in [0.1, 0.15) is 55.3 Å². The Morgan fingerprint density at radius 2 is 1.76 bits per heavy atom. The molecule has 1 saturated carbocycles. The third-order valence-corrected chi connectivity index (χ3v) is 5.27. The molecular weight excluding hydrogens is 267 g/mol. The highest BCUT2D eigenvalue weighted by atomic mass is 19.1. The molecule has 3 rings (SSSR count). The van der Waals surface area contributed by atoms with Gasteiger partial charge >= 0.3 is 0 Å². The Hall–Kier alpha value is -1.58. The van der Waals surface area contributed by atoms with Gasteiger partial charge in [0, 0.05) is 18.8 Å². The minimum absolute atomic E-state index is 0.127. The summed E-state index contributed by atoms with van der Waals surface area (Å²) in [6.07, 6.45) is 8.76. The lowest BCUT2D eigenvalue weighted by molar-refractivity contribution is 0.0472. The van der Waals surface area contributed by atoms with Crippen molar-refractivity contribution in [2.75, 3.05) is 18.8 Å². The average molecular weight is 290 g/mol. The van der Waals surface area contributed by atoms with E-state index in [1.165, 1.54) is 50.3 Å². The summed E-state index contributed by atoms with van der Waals surface area (Å²) in [5.74, 6) is -0.536. The van der Waals surface area contributed by atoms with Gasteiger partial charge in [0.05, 0.1) is 5.56 Å². The fraction of sp³-hybridized carbons (Fsp3) is 0.588. The van der Waals surface area contributed by atoms with E-state index in [1.807, 2.05) is 4.90 Å². The fourth-order valence-electron chi connectivity index (χ4n) is 3.87. The number of benzene rings is 1. The third kappa shape index (κ3) is 2.89. The first-order chi connectivity index (χ1) is 10.1. The zero-order valence-electron chi connectivity index (χ0n) is 12.4. The second-order valence-corrected chi connectivity index (χ2v) is 6.58. The molecule has 2 N–H and O–H groups in total. The highest BCUT2D eigenvalue weighted by Crippen LogP contribution is 2.44. The van der Waals surface area contributed by atoms with Gasteiger partial charge in [0.15, 0.2) is 0 Å². The Morgan fingerprint density at radius 1 is 1.10 bits per heavy atom. The largest absolute Gasteiger partial charge is 0.398 e. The molecule has 21 heavy (non-hydrogen) atoms. The number of carbonyl (C=O) groups is 1. The van der Waals surface area contributed by atoms with Crippen LogP contribution in [-0.2, 0) is 0 Å². The van der Waals surface area contributed by atoms with E-state index in [4.69, 9.17) is 5.73 Å². The van der Waals surface area contributed by atoms with Gasteiger partial charge in [-0.05, 0) is 49.3 Å². The molecular formula is C17H23FN2O. The van der Waals surface area contributed by atoms with E-state index in [9.17, 15) is 9.18 Å². The van der Waals surface area contributed by atoms with Gasteiger partial charge in [-0.15, -0.1) is 0 Å². The number of halogens is 1. The van der Waals surface area contributed by atoms with E-state index in [0.29, 0.717) is 16.7 Å². The molecule has 1 aliphatic carbocycles. The molecule has 0 bridgehead atoms. The number of anilines is 1. The quantitative estimate of drug-likeness (QED) is 0.803. The van der Waals surface area contributed by atoms with Crippen LogP contribution in [0.25, 0.3) is 0 Å². The molecule has 2 fully saturated rings. The Labute approximate surface area is 125 Å². The predicted octanol–water partition coefficient (Wildman–Crippen LogP) is 3.59. The Morgan fingerprint density at radius 3 is 2.43 bits per heavy atom. The third-order valence-electron chi connectivity index (χ3n) is 5.27. The van der Waals surface area contributed by atoms with Crippen molar-refractivity contribution in [3.05, 3.63) is 29.6 Å². The topological polar surface area (TPSA) is 46.3 Å². The summed E-state index contributed by atoms with van der Waals surface area (Å²) >= 11 is 0. The number of likely N-dealkylation sites (tertiary alicyclic amines) is 1. The number of hydrogen-bond donors (Lipinski definition) is 1. The molecule has 114 valence electrons. The van der Waals surface area contributed by atoms with Gasteiger partial charge in [0.25, 0.3) is 5.91 Å². The molecule has 4 heteroatoms. The first-order valence-electron chi connectivity index (χ1n) is 7.94. The van der Waals surface area contributed by atoms with Crippen LogP contribution in [0, 0.1) is 11.2 Å². The smallest absolute Gasteiger partial charge is 0.256 e. The zero-order valence-corrected chi connectivity index (χ0v) is 12.4. The standard InChI is InChI=1S/C17H23FN2O/c18-13-4-5-15(19)14(12-13)16(21)20-10-8-17(9-11-20)6-2-1-3-7-17/h4-5,12H,1-3,6-11,19H2. The van der Waals surface area contributed by atoms with Crippen molar-refractivity contribution in [3.8, 4) is 0 Å². The van der Waals surface area contributed by atoms with Gasteiger partial charge < -0.3 is 10.6 Å². The molecule has 1 saturated heterocycles. The first kappa shape index (κ1) is 14.4. The average Bonchev–Trinajstić information content (AvgIpc) is 2.51. The van der Waals surface area contributed by atoms with E-state index in [2.05, 4.69) is 0 Å². The van der Waals surface area contributed by atoms with Gasteiger partial charge in [-0.1, -0.05) is 19.3 Å². The van der Waals surface area contributed by atoms with E-state index in [-0.39, 0.29) is 5.91 Å². The predicted molar refractivity (Wildman–Crippen MR) is 81.5 cm³/mol. The SMILES string of the molecule is Nc1ccc(F)cc1C(=O)N1CCC2(CCCCC2)CC1. The monoisotopic (exact) mass is 290 g/mol. The number of hydrogen-bond acceptors (Lipinski definition) is 2. The lowest BCUT2D eigenvalue weighted by Gasteiger charge is -2.44.